The van der Waals surface area contributed by atoms with Crippen molar-refractivity contribution < 1.29 is 19.0 Å². The van der Waals surface area contributed by atoms with E-state index in [-0.39, 0.29) is 12.4 Å². The number of nitriles is 1. The Balaban J connectivity index is 2.43. The first-order valence-corrected chi connectivity index (χ1v) is 5.32. The summed E-state index contributed by atoms with van der Waals surface area (Å²) >= 11 is 6.02. The standard InChI is InChI=1S/C12H8ClNO4/c1-16-12(15)8(5-14)2-7-3-10-11(4-9(7)13)18-6-17-10/h2-4H,6H2,1H3. The summed E-state index contributed by atoms with van der Waals surface area (Å²) in [5.74, 6) is 0.341. The van der Waals surface area contributed by atoms with Gasteiger partial charge in [-0.25, -0.2) is 4.79 Å². The molecule has 0 radical (unpaired) electrons. The van der Waals surface area contributed by atoms with E-state index in [9.17, 15) is 4.79 Å². The van der Waals surface area contributed by atoms with Crippen molar-refractivity contribution in [2.24, 2.45) is 0 Å². The van der Waals surface area contributed by atoms with Gasteiger partial charge in [-0.15, -0.1) is 0 Å². The van der Waals surface area contributed by atoms with Crippen molar-refractivity contribution in [2.45, 2.75) is 0 Å². The van der Waals surface area contributed by atoms with Crippen molar-refractivity contribution in [3.05, 3.63) is 28.3 Å². The van der Waals surface area contributed by atoms with Crippen LogP contribution in [0.5, 0.6) is 11.5 Å². The fourth-order valence-electron chi connectivity index (χ4n) is 1.45. The van der Waals surface area contributed by atoms with Gasteiger partial charge in [0.1, 0.15) is 11.6 Å². The summed E-state index contributed by atoms with van der Waals surface area (Å²) in [6.45, 7) is 0.126. The van der Waals surface area contributed by atoms with E-state index in [1.54, 1.807) is 18.2 Å². The average Bonchev–Trinajstić information content (AvgIpc) is 2.81. The van der Waals surface area contributed by atoms with Crippen molar-refractivity contribution in [2.75, 3.05) is 13.9 Å². The van der Waals surface area contributed by atoms with Crippen LogP contribution < -0.4 is 9.47 Å². The summed E-state index contributed by atoms with van der Waals surface area (Å²) < 4.78 is 14.8. The topological polar surface area (TPSA) is 68.6 Å². The zero-order chi connectivity index (χ0) is 13.1. The van der Waals surface area contributed by atoms with Crippen LogP contribution in [0, 0.1) is 11.3 Å². The van der Waals surface area contributed by atoms with E-state index in [1.807, 2.05) is 0 Å². The Kier molecular flexibility index (Phi) is 3.40. The van der Waals surface area contributed by atoms with E-state index < -0.39 is 5.97 Å². The van der Waals surface area contributed by atoms with Crippen molar-refractivity contribution in [1.29, 1.82) is 5.26 Å². The summed E-state index contributed by atoms with van der Waals surface area (Å²) in [5.41, 5.74) is 0.348. The van der Waals surface area contributed by atoms with Crippen LogP contribution in [0.3, 0.4) is 0 Å². The molecule has 0 fully saturated rings. The number of carbonyl (C=O) groups is 1. The molecule has 1 aliphatic rings. The number of carbonyl (C=O) groups excluding carboxylic acids is 1. The van der Waals surface area contributed by atoms with Gasteiger partial charge in [0.25, 0.3) is 0 Å². The van der Waals surface area contributed by atoms with Crippen LogP contribution >= 0.6 is 11.6 Å². The predicted molar refractivity (Wildman–Crippen MR) is 63.2 cm³/mol. The fraction of sp³-hybridized carbons (Fsp3) is 0.167. The van der Waals surface area contributed by atoms with Crippen molar-refractivity contribution in [3.63, 3.8) is 0 Å². The van der Waals surface area contributed by atoms with Crippen LogP contribution in [0.15, 0.2) is 17.7 Å². The Morgan fingerprint density at radius 3 is 2.78 bits per heavy atom. The smallest absolute Gasteiger partial charge is 0.348 e. The third-order valence-electron chi connectivity index (χ3n) is 2.32. The van der Waals surface area contributed by atoms with Crippen molar-refractivity contribution in [3.8, 4) is 17.6 Å². The summed E-state index contributed by atoms with van der Waals surface area (Å²) in [7, 11) is 1.20. The zero-order valence-electron chi connectivity index (χ0n) is 9.40. The SMILES string of the molecule is COC(=O)C(C#N)=Cc1cc2c(cc1Cl)OCO2. The largest absolute Gasteiger partial charge is 0.465 e. The average molecular weight is 266 g/mol. The Morgan fingerprint density at radius 1 is 1.50 bits per heavy atom. The molecule has 0 atom stereocenters. The van der Waals surface area contributed by atoms with Gasteiger partial charge in [-0.3, -0.25) is 0 Å². The number of nitrogens with zero attached hydrogens (tertiary/aromatic N) is 1. The third-order valence-corrected chi connectivity index (χ3v) is 2.64. The maximum Gasteiger partial charge on any atom is 0.348 e. The van der Waals surface area contributed by atoms with Crippen LogP contribution in [0.2, 0.25) is 5.02 Å². The number of esters is 1. The normalized spacial score (nSPS) is 13.1. The first kappa shape index (κ1) is 12.3. The molecule has 0 bridgehead atoms. The van der Waals surface area contributed by atoms with Gasteiger partial charge in [0.05, 0.1) is 12.1 Å². The molecule has 1 aromatic rings. The molecule has 6 heteroatoms. The second-order valence-corrected chi connectivity index (χ2v) is 3.80. The summed E-state index contributed by atoms with van der Waals surface area (Å²) in [5, 5.41) is 9.21. The van der Waals surface area contributed by atoms with E-state index in [2.05, 4.69) is 4.74 Å². The highest BCUT2D eigenvalue weighted by Gasteiger charge is 2.17. The second-order valence-electron chi connectivity index (χ2n) is 3.39. The Hall–Kier alpha value is -2.19. The Bertz CT molecular complexity index is 574. The predicted octanol–water partition coefficient (Wildman–Crippen LogP) is 2.15. The number of ether oxygens (including phenoxy) is 3. The Labute approximate surface area is 108 Å². The van der Waals surface area contributed by atoms with E-state index in [0.29, 0.717) is 22.1 Å². The lowest BCUT2D eigenvalue weighted by Crippen LogP contribution is -2.02. The molecule has 0 aromatic heterocycles. The maximum atomic E-state index is 11.3. The maximum absolute atomic E-state index is 11.3. The highest BCUT2D eigenvalue weighted by Crippen LogP contribution is 2.37. The molecule has 0 unspecified atom stereocenters. The lowest BCUT2D eigenvalue weighted by atomic mass is 10.1. The lowest BCUT2D eigenvalue weighted by molar-refractivity contribution is -0.135. The molecule has 92 valence electrons. The molecule has 2 rings (SSSR count). The molecule has 0 spiro atoms. The molecule has 5 nitrogen and oxygen atoms in total. The second kappa shape index (κ2) is 4.98. The molecular formula is C12H8ClNO4. The third kappa shape index (κ3) is 2.24. The molecule has 18 heavy (non-hydrogen) atoms. The van der Waals surface area contributed by atoms with Gasteiger partial charge in [-0.1, -0.05) is 11.6 Å². The van der Waals surface area contributed by atoms with Crippen molar-refractivity contribution >= 4 is 23.6 Å². The number of benzene rings is 1. The van der Waals surface area contributed by atoms with Crippen LogP contribution in [0.25, 0.3) is 6.08 Å². The number of fused-ring (bicyclic) bond motifs is 1. The number of hydrogen-bond acceptors (Lipinski definition) is 5. The molecule has 1 aromatic carbocycles. The van der Waals surface area contributed by atoms with Gasteiger partial charge in [0, 0.05) is 6.07 Å². The summed E-state index contributed by atoms with van der Waals surface area (Å²) in [6.07, 6.45) is 1.34. The molecule has 0 saturated carbocycles. The van der Waals surface area contributed by atoms with Gasteiger partial charge < -0.3 is 14.2 Å². The Morgan fingerprint density at radius 2 is 2.17 bits per heavy atom. The highest BCUT2D eigenvalue weighted by atomic mass is 35.5. The minimum Gasteiger partial charge on any atom is -0.465 e. The van der Waals surface area contributed by atoms with E-state index in [1.165, 1.54) is 13.2 Å². The first-order valence-electron chi connectivity index (χ1n) is 4.95. The number of hydrogen-bond donors (Lipinski definition) is 0. The molecule has 0 saturated heterocycles. The summed E-state index contributed by atoms with van der Waals surface area (Å²) in [6, 6.07) is 4.93. The van der Waals surface area contributed by atoms with Gasteiger partial charge >= 0.3 is 5.97 Å². The molecule has 1 aliphatic heterocycles. The number of rotatable bonds is 2. The van der Waals surface area contributed by atoms with E-state index >= 15 is 0 Å². The van der Waals surface area contributed by atoms with E-state index in [4.69, 9.17) is 26.3 Å². The highest BCUT2D eigenvalue weighted by molar-refractivity contribution is 6.32. The minimum absolute atomic E-state index is 0.126. The first-order chi connectivity index (χ1) is 8.65. The van der Waals surface area contributed by atoms with Gasteiger partial charge in [-0.2, -0.15) is 5.26 Å². The quantitative estimate of drug-likeness (QED) is 0.466. The zero-order valence-corrected chi connectivity index (χ0v) is 10.2. The molecular weight excluding hydrogens is 258 g/mol. The van der Waals surface area contributed by atoms with Gasteiger partial charge in [-0.05, 0) is 17.7 Å². The van der Waals surface area contributed by atoms with Crippen molar-refractivity contribution in [1.82, 2.24) is 0 Å². The van der Waals surface area contributed by atoms with Crippen LogP contribution in [0.1, 0.15) is 5.56 Å². The van der Waals surface area contributed by atoms with Crippen LogP contribution in [-0.4, -0.2) is 19.9 Å². The van der Waals surface area contributed by atoms with Crippen LogP contribution in [0.4, 0.5) is 0 Å². The summed E-state index contributed by atoms with van der Waals surface area (Å²) in [4.78, 5) is 11.3. The molecule has 1 heterocycles. The monoisotopic (exact) mass is 265 g/mol. The minimum atomic E-state index is -0.716. The molecule has 0 aliphatic carbocycles. The van der Waals surface area contributed by atoms with Crippen LogP contribution in [-0.2, 0) is 9.53 Å². The lowest BCUT2D eigenvalue weighted by Gasteiger charge is -2.02. The molecule has 0 N–H and O–H groups in total. The fourth-order valence-corrected chi connectivity index (χ4v) is 1.65. The van der Waals surface area contributed by atoms with Gasteiger partial charge in [0.2, 0.25) is 6.79 Å². The molecule has 0 amide bonds. The van der Waals surface area contributed by atoms with Gasteiger partial charge in [0.15, 0.2) is 11.5 Å². The van der Waals surface area contributed by atoms with E-state index in [0.717, 1.165) is 0 Å². The number of methoxy groups -OCH3 is 1. The number of halogens is 1.